The van der Waals surface area contributed by atoms with E-state index in [2.05, 4.69) is 5.32 Å². The topological polar surface area (TPSA) is 130 Å². The van der Waals surface area contributed by atoms with E-state index >= 15 is 0 Å². The standard InChI is InChI=1S/C16H21N3O6/c1-11(21)9-17-15(22)8-7-14(10-20)18(2)16(23)12-3-5-13(6-4-12)19(24)25/h3-6,14,20H,7-10H2,1-2H3,(H,17,22)/t14-/m0/s1. The van der Waals surface area contributed by atoms with E-state index in [4.69, 9.17) is 0 Å². The zero-order chi connectivity index (χ0) is 19.0. The lowest BCUT2D eigenvalue weighted by Crippen LogP contribution is -2.40. The number of aliphatic hydroxyl groups is 1. The summed E-state index contributed by atoms with van der Waals surface area (Å²) in [7, 11) is 1.48. The van der Waals surface area contributed by atoms with Crippen LogP contribution in [0.25, 0.3) is 0 Å². The van der Waals surface area contributed by atoms with Gasteiger partial charge in [-0.25, -0.2) is 0 Å². The van der Waals surface area contributed by atoms with Gasteiger partial charge in [-0.1, -0.05) is 0 Å². The number of aliphatic hydroxyl groups excluding tert-OH is 1. The molecular formula is C16H21N3O6. The smallest absolute Gasteiger partial charge is 0.269 e. The maximum absolute atomic E-state index is 12.4. The van der Waals surface area contributed by atoms with E-state index in [1.54, 1.807) is 0 Å². The van der Waals surface area contributed by atoms with Gasteiger partial charge in [-0.3, -0.25) is 24.5 Å². The van der Waals surface area contributed by atoms with Crippen molar-refractivity contribution in [1.29, 1.82) is 0 Å². The number of amides is 2. The fraction of sp³-hybridized carbons (Fsp3) is 0.438. The largest absolute Gasteiger partial charge is 0.394 e. The molecule has 0 heterocycles. The Morgan fingerprint density at radius 3 is 2.36 bits per heavy atom. The van der Waals surface area contributed by atoms with Crippen LogP contribution in [0.4, 0.5) is 5.69 Å². The van der Waals surface area contributed by atoms with Gasteiger partial charge in [0, 0.05) is 31.2 Å². The summed E-state index contributed by atoms with van der Waals surface area (Å²) in [4.78, 5) is 46.2. The predicted octanol–water partition coefficient (Wildman–Crippen LogP) is 0.513. The Balaban J connectivity index is 2.65. The minimum atomic E-state index is -0.592. The molecule has 2 N–H and O–H groups in total. The van der Waals surface area contributed by atoms with Crippen molar-refractivity contribution in [3.63, 3.8) is 0 Å². The van der Waals surface area contributed by atoms with Gasteiger partial charge in [0.15, 0.2) is 0 Å². The van der Waals surface area contributed by atoms with Crippen molar-refractivity contribution >= 4 is 23.3 Å². The SMILES string of the molecule is CC(=O)CNC(=O)CC[C@@H](CO)N(C)C(=O)c1ccc([N+](=O)[O-])cc1. The molecule has 9 heteroatoms. The van der Waals surface area contributed by atoms with E-state index in [0.717, 1.165) is 0 Å². The number of ketones is 1. The molecule has 1 aromatic rings. The maximum Gasteiger partial charge on any atom is 0.269 e. The highest BCUT2D eigenvalue weighted by Crippen LogP contribution is 2.15. The van der Waals surface area contributed by atoms with Gasteiger partial charge in [0.25, 0.3) is 11.6 Å². The van der Waals surface area contributed by atoms with Gasteiger partial charge in [-0.05, 0) is 25.5 Å². The summed E-state index contributed by atoms with van der Waals surface area (Å²) in [5.41, 5.74) is 0.118. The second-order valence-electron chi connectivity index (χ2n) is 5.57. The van der Waals surface area contributed by atoms with Crippen molar-refractivity contribution in [2.24, 2.45) is 0 Å². The summed E-state index contributed by atoms with van der Waals surface area (Å²) >= 11 is 0. The van der Waals surface area contributed by atoms with Gasteiger partial charge in [-0.2, -0.15) is 0 Å². The third kappa shape index (κ3) is 6.30. The van der Waals surface area contributed by atoms with E-state index in [0.29, 0.717) is 0 Å². The molecule has 1 atom stereocenters. The van der Waals surface area contributed by atoms with Gasteiger partial charge in [0.1, 0.15) is 5.78 Å². The van der Waals surface area contributed by atoms with Gasteiger partial charge in [-0.15, -0.1) is 0 Å². The summed E-state index contributed by atoms with van der Waals surface area (Å²) in [5, 5.41) is 22.5. The molecule has 0 aliphatic rings. The normalized spacial score (nSPS) is 11.5. The van der Waals surface area contributed by atoms with Crippen molar-refractivity contribution < 1.29 is 24.4 Å². The molecule has 0 aliphatic carbocycles. The lowest BCUT2D eigenvalue weighted by molar-refractivity contribution is -0.384. The van der Waals surface area contributed by atoms with E-state index < -0.39 is 16.9 Å². The van der Waals surface area contributed by atoms with Crippen LogP contribution in [-0.4, -0.2) is 58.8 Å². The first-order chi connectivity index (χ1) is 11.8. The fourth-order valence-electron chi connectivity index (χ4n) is 2.11. The van der Waals surface area contributed by atoms with Crippen molar-refractivity contribution in [3.05, 3.63) is 39.9 Å². The first-order valence-electron chi connectivity index (χ1n) is 7.64. The van der Waals surface area contributed by atoms with Crippen LogP contribution >= 0.6 is 0 Å². The monoisotopic (exact) mass is 351 g/mol. The number of nitrogens with zero attached hydrogens (tertiary/aromatic N) is 2. The summed E-state index contributed by atoms with van der Waals surface area (Å²) in [5.74, 6) is -0.930. The van der Waals surface area contributed by atoms with E-state index in [1.165, 1.54) is 43.1 Å². The molecule has 0 saturated carbocycles. The molecule has 0 fully saturated rings. The van der Waals surface area contributed by atoms with Crippen molar-refractivity contribution in [2.75, 3.05) is 20.2 Å². The average molecular weight is 351 g/mol. The molecule has 0 aliphatic heterocycles. The first kappa shape index (κ1) is 20.2. The molecule has 0 bridgehead atoms. The van der Waals surface area contributed by atoms with Gasteiger partial charge >= 0.3 is 0 Å². The zero-order valence-corrected chi connectivity index (χ0v) is 14.1. The Bertz CT molecular complexity index is 644. The van der Waals surface area contributed by atoms with Crippen LogP contribution in [0.3, 0.4) is 0 Å². The highest BCUT2D eigenvalue weighted by Gasteiger charge is 2.22. The number of hydrogen-bond acceptors (Lipinski definition) is 6. The Kier molecular flexibility index (Phi) is 7.67. The molecule has 2 amide bonds. The summed E-state index contributed by atoms with van der Waals surface area (Å²) < 4.78 is 0. The Morgan fingerprint density at radius 2 is 1.88 bits per heavy atom. The van der Waals surface area contributed by atoms with Crippen molar-refractivity contribution in [2.45, 2.75) is 25.8 Å². The summed E-state index contributed by atoms with van der Waals surface area (Å²) in [6.07, 6.45) is 0.270. The van der Waals surface area contributed by atoms with Crippen LogP contribution in [0.1, 0.15) is 30.1 Å². The number of benzene rings is 1. The number of carbonyl (C=O) groups is 3. The van der Waals surface area contributed by atoms with Crippen LogP contribution in [0.2, 0.25) is 0 Å². The molecule has 1 rings (SSSR count). The second kappa shape index (κ2) is 9.48. The molecule has 0 spiro atoms. The maximum atomic E-state index is 12.4. The van der Waals surface area contributed by atoms with Crippen LogP contribution in [0, 0.1) is 10.1 Å². The number of hydrogen-bond donors (Lipinski definition) is 2. The van der Waals surface area contributed by atoms with E-state index in [-0.39, 0.29) is 48.9 Å². The second-order valence-corrected chi connectivity index (χ2v) is 5.57. The first-order valence-corrected chi connectivity index (χ1v) is 7.64. The lowest BCUT2D eigenvalue weighted by atomic mass is 10.1. The van der Waals surface area contributed by atoms with Gasteiger partial charge in [0.2, 0.25) is 5.91 Å². The molecule has 25 heavy (non-hydrogen) atoms. The van der Waals surface area contributed by atoms with Crippen LogP contribution in [-0.2, 0) is 9.59 Å². The molecule has 1 aromatic carbocycles. The summed E-state index contributed by atoms with van der Waals surface area (Å²) in [6, 6.07) is 4.54. The van der Waals surface area contributed by atoms with Crippen molar-refractivity contribution in [3.8, 4) is 0 Å². The Morgan fingerprint density at radius 1 is 1.28 bits per heavy atom. The van der Waals surface area contributed by atoms with Crippen LogP contribution in [0.5, 0.6) is 0 Å². The average Bonchev–Trinajstić information content (AvgIpc) is 2.59. The number of nitro benzene ring substituents is 1. The number of nitro groups is 1. The number of rotatable bonds is 9. The molecule has 0 radical (unpaired) electrons. The van der Waals surface area contributed by atoms with E-state index in [1.807, 2.05) is 0 Å². The van der Waals surface area contributed by atoms with Crippen molar-refractivity contribution in [1.82, 2.24) is 10.2 Å². The molecule has 9 nitrogen and oxygen atoms in total. The lowest BCUT2D eigenvalue weighted by Gasteiger charge is -2.26. The molecular weight excluding hydrogens is 330 g/mol. The Labute approximate surface area is 144 Å². The zero-order valence-electron chi connectivity index (χ0n) is 14.1. The third-order valence-electron chi connectivity index (χ3n) is 3.64. The quantitative estimate of drug-likeness (QED) is 0.492. The number of likely N-dealkylation sites (N-methyl/N-ethyl adjacent to an activating group) is 1. The number of nitrogens with one attached hydrogen (secondary N) is 1. The fourth-order valence-corrected chi connectivity index (χ4v) is 2.11. The number of Topliss-reactive ketones (excluding diaryl/α,β-unsaturated/α-hetero) is 1. The third-order valence-corrected chi connectivity index (χ3v) is 3.64. The van der Waals surface area contributed by atoms with Crippen LogP contribution in [0.15, 0.2) is 24.3 Å². The summed E-state index contributed by atoms with van der Waals surface area (Å²) in [6.45, 7) is 0.961. The highest BCUT2D eigenvalue weighted by atomic mass is 16.6. The number of non-ortho nitro benzene ring substituents is 1. The molecule has 136 valence electrons. The minimum absolute atomic E-state index is 0.0520. The van der Waals surface area contributed by atoms with Gasteiger partial charge in [0.05, 0.1) is 24.1 Å². The Hall–Kier alpha value is -2.81. The van der Waals surface area contributed by atoms with Gasteiger partial charge < -0.3 is 15.3 Å². The predicted molar refractivity (Wildman–Crippen MR) is 89.0 cm³/mol. The minimum Gasteiger partial charge on any atom is -0.394 e. The number of carbonyl (C=O) groups excluding carboxylic acids is 3. The van der Waals surface area contributed by atoms with E-state index in [9.17, 15) is 29.6 Å². The van der Waals surface area contributed by atoms with Crippen LogP contribution < -0.4 is 5.32 Å². The molecule has 0 aromatic heterocycles. The highest BCUT2D eigenvalue weighted by molar-refractivity contribution is 5.94. The molecule has 0 saturated heterocycles. The molecule has 0 unspecified atom stereocenters.